The number of anilines is 1. The van der Waals surface area contributed by atoms with Gasteiger partial charge in [-0.25, -0.2) is 0 Å². The number of amides is 1. The number of hydrogen-bond donors (Lipinski definition) is 2. The first-order valence-electron chi connectivity index (χ1n) is 7.22. The minimum atomic E-state index is -4.49. The minimum Gasteiger partial charge on any atom is -0.385 e. The second-order valence-electron chi connectivity index (χ2n) is 4.93. The van der Waals surface area contributed by atoms with Crippen molar-refractivity contribution in [2.75, 3.05) is 18.4 Å². The average Bonchev–Trinajstić information content (AvgIpc) is 2.44. The lowest BCUT2D eigenvalue weighted by Crippen LogP contribution is -2.26. The highest BCUT2D eigenvalue weighted by atomic mass is 35.5. The van der Waals surface area contributed by atoms with Crippen LogP contribution in [-0.4, -0.2) is 19.0 Å². The van der Waals surface area contributed by atoms with Gasteiger partial charge in [-0.3, -0.25) is 4.79 Å². The molecular formula is C15H20ClF3N2O. The maximum atomic E-state index is 12.7. The molecule has 0 bridgehead atoms. The van der Waals surface area contributed by atoms with E-state index in [2.05, 4.69) is 17.6 Å². The minimum absolute atomic E-state index is 0.117. The van der Waals surface area contributed by atoms with Gasteiger partial charge in [-0.05, 0) is 24.6 Å². The highest BCUT2D eigenvalue weighted by Crippen LogP contribution is 2.36. The molecule has 0 aliphatic carbocycles. The van der Waals surface area contributed by atoms with E-state index in [-0.39, 0.29) is 29.6 Å². The summed E-state index contributed by atoms with van der Waals surface area (Å²) in [5, 5.41) is 5.22. The van der Waals surface area contributed by atoms with Gasteiger partial charge in [-0.2, -0.15) is 13.2 Å². The van der Waals surface area contributed by atoms with Crippen LogP contribution in [0.2, 0.25) is 5.02 Å². The van der Waals surface area contributed by atoms with E-state index in [4.69, 9.17) is 11.6 Å². The van der Waals surface area contributed by atoms with Crippen LogP contribution in [-0.2, 0) is 11.0 Å². The molecule has 0 aliphatic heterocycles. The van der Waals surface area contributed by atoms with Crippen LogP contribution in [0, 0.1) is 0 Å². The lowest BCUT2D eigenvalue weighted by atomic mass is 10.2. The zero-order valence-corrected chi connectivity index (χ0v) is 13.2. The van der Waals surface area contributed by atoms with Crippen LogP contribution in [0.4, 0.5) is 18.9 Å². The van der Waals surface area contributed by atoms with Crippen LogP contribution in [0.1, 0.15) is 38.2 Å². The lowest BCUT2D eigenvalue weighted by molar-refractivity contribution is -0.137. The molecule has 7 heteroatoms. The number of hydrogen-bond acceptors (Lipinski definition) is 2. The molecular weight excluding hydrogens is 317 g/mol. The summed E-state index contributed by atoms with van der Waals surface area (Å²) in [6.45, 7) is 2.97. The first-order valence-corrected chi connectivity index (χ1v) is 7.59. The molecule has 1 aromatic carbocycles. The highest BCUT2D eigenvalue weighted by Gasteiger charge is 2.33. The Morgan fingerprint density at radius 1 is 1.23 bits per heavy atom. The third kappa shape index (κ3) is 6.56. The van der Waals surface area contributed by atoms with Crippen molar-refractivity contribution in [2.24, 2.45) is 0 Å². The predicted molar refractivity (Wildman–Crippen MR) is 82.1 cm³/mol. The molecule has 22 heavy (non-hydrogen) atoms. The van der Waals surface area contributed by atoms with Crippen LogP contribution in [0.25, 0.3) is 0 Å². The molecule has 1 amide bonds. The summed E-state index contributed by atoms with van der Waals surface area (Å²) < 4.78 is 38.1. The monoisotopic (exact) mass is 336 g/mol. The second-order valence-corrected chi connectivity index (χ2v) is 5.33. The Bertz CT molecular complexity index is 492. The largest absolute Gasteiger partial charge is 0.417 e. The summed E-state index contributed by atoms with van der Waals surface area (Å²) >= 11 is 5.54. The molecule has 3 nitrogen and oxygen atoms in total. The highest BCUT2D eigenvalue weighted by molar-refractivity contribution is 6.31. The van der Waals surface area contributed by atoms with E-state index in [1.54, 1.807) is 0 Å². The van der Waals surface area contributed by atoms with Gasteiger partial charge >= 0.3 is 6.18 Å². The van der Waals surface area contributed by atoms with Crippen LogP contribution in [0.5, 0.6) is 0 Å². The van der Waals surface area contributed by atoms with Crippen molar-refractivity contribution in [3.63, 3.8) is 0 Å². The van der Waals surface area contributed by atoms with Crippen LogP contribution in [0.3, 0.4) is 0 Å². The lowest BCUT2D eigenvalue weighted by Gasteiger charge is -2.12. The Kier molecular flexibility index (Phi) is 7.51. The molecule has 0 atom stereocenters. The van der Waals surface area contributed by atoms with E-state index >= 15 is 0 Å². The van der Waals surface area contributed by atoms with E-state index in [1.165, 1.54) is 12.1 Å². The molecule has 0 aromatic heterocycles. The smallest absolute Gasteiger partial charge is 0.385 e. The summed E-state index contributed by atoms with van der Waals surface area (Å²) in [5.74, 6) is -0.117. The summed E-state index contributed by atoms with van der Waals surface area (Å²) in [5.41, 5.74) is -0.598. The normalized spacial score (nSPS) is 11.3. The molecule has 124 valence electrons. The van der Waals surface area contributed by atoms with Crippen molar-refractivity contribution in [3.8, 4) is 0 Å². The molecule has 0 fully saturated rings. The van der Waals surface area contributed by atoms with E-state index in [9.17, 15) is 18.0 Å². The van der Waals surface area contributed by atoms with E-state index in [0.717, 1.165) is 25.3 Å². The van der Waals surface area contributed by atoms with Gasteiger partial charge in [-0.1, -0.05) is 31.4 Å². The molecule has 1 rings (SSSR count). The molecule has 0 unspecified atom stereocenters. The number of benzene rings is 1. The number of rotatable bonds is 8. The first-order chi connectivity index (χ1) is 10.3. The van der Waals surface area contributed by atoms with Gasteiger partial charge in [0.05, 0.1) is 10.6 Å². The molecule has 0 aliphatic rings. The fraction of sp³-hybridized carbons (Fsp3) is 0.533. The first kappa shape index (κ1) is 18.6. The molecule has 2 N–H and O–H groups in total. The van der Waals surface area contributed by atoms with Gasteiger partial charge in [0.2, 0.25) is 5.91 Å². The van der Waals surface area contributed by atoms with E-state index in [0.29, 0.717) is 6.54 Å². The zero-order valence-electron chi connectivity index (χ0n) is 12.4. The number of carbonyl (C=O) groups excluding carboxylic acids is 1. The Balaban J connectivity index is 2.41. The molecule has 0 spiro atoms. The third-order valence-corrected chi connectivity index (χ3v) is 3.39. The molecule has 0 saturated heterocycles. The van der Waals surface area contributed by atoms with Gasteiger partial charge in [-0.15, -0.1) is 0 Å². The average molecular weight is 337 g/mol. The SMILES string of the molecule is CCCCCNC(=O)CCNc1ccc(Cl)c(C(F)(F)F)c1. The van der Waals surface area contributed by atoms with Crippen LogP contribution >= 0.6 is 11.6 Å². The molecule has 1 aromatic rings. The second kappa shape index (κ2) is 8.88. The summed E-state index contributed by atoms with van der Waals surface area (Å²) in [6.07, 6.45) is -1.22. The topological polar surface area (TPSA) is 41.1 Å². The summed E-state index contributed by atoms with van der Waals surface area (Å²) in [4.78, 5) is 11.5. The van der Waals surface area contributed by atoms with Crippen LogP contribution < -0.4 is 10.6 Å². The van der Waals surface area contributed by atoms with Gasteiger partial charge in [0, 0.05) is 25.2 Å². The summed E-state index contributed by atoms with van der Waals surface area (Å²) in [7, 11) is 0. The zero-order chi connectivity index (χ0) is 16.6. The third-order valence-electron chi connectivity index (χ3n) is 3.06. The number of carbonyl (C=O) groups is 1. The standard InChI is InChI=1S/C15H20ClF3N2O/c1-2-3-4-8-21-14(22)7-9-20-11-5-6-13(16)12(10-11)15(17,18)19/h5-6,10,20H,2-4,7-9H2,1H3,(H,21,22). The maximum absolute atomic E-state index is 12.7. The fourth-order valence-corrected chi connectivity index (χ4v) is 2.09. The Morgan fingerprint density at radius 2 is 1.95 bits per heavy atom. The van der Waals surface area contributed by atoms with Crippen molar-refractivity contribution in [1.29, 1.82) is 0 Å². The Hall–Kier alpha value is -1.43. The van der Waals surface area contributed by atoms with Gasteiger partial charge in [0.15, 0.2) is 0 Å². The number of unbranched alkanes of at least 4 members (excludes halogenated alkanes) is 2. The van der Waals surface area contributed by atoms with Crippen molar-refractivity contribution < 1.29 is 18.0 Å². The molecule has 0 saturated carbocycles. The van der Waals surface area contributed by atoms with E-state index in [1.807, 2.05) is 0 Å². The van der Waals surface area contributed by atoms with E-state index < -0.39 is 11.7 Å². The van der Waals surface area contributed by atoms with Gasteiger partial charge in [0.25, 0.3) is 0 Å². The predicted octanol–water partition coefficient (Wildman–Crippen LogP) is 4.47. The van der Waals surface area contributed by atoms with Crippen molar-refractivity contribution >= 4 is 23.2 Å². The Morgan fingerprint density at radius 3 is 2.59 bits per heavy atom. The van der Waals surface area contributed by atoms with Gasteiger partial charge in [0.1, 0.15) is 0 Å². The maximum Gasteiger partial charge on any atom is 0.417 e. The van der Waals surface area contributed by atoms with Crippen molar-refractivity contribution in [3.05, 3.63) is 28.8 Å². The van der Waals surface area contributed by atoms with Crippen LogP contribution in [0.15, 0.2) is 18.2 Å². The quantitative estimate of drug-likeness (QED) is 0.688. The number of nitrogens with one attached hydrogen (secondary N) is 2. The van der Waals surface area contributed by atoms with Gasteiger partial charge < -0.3 is 10.6 Å². The van der Waals surface area contributed by atoms with Crippen molar-refractivity contribution in [1.82, 2.24) is 5.32 Å². The number of alkyl halides is 3. The fourth-order valence-electron chi connectivity index (χ4n) is 1.86. The number of halogens is 4. The Labute approximate surface area is 133 Å². The molecule has 0 heterocycles. The summed E-state index contributed by atoms with van der Waals surface area (Å²) in [6, 6.07) is 3.59. The van der Waals surface area contributed by atoms with Crippen molar-refractivity contribution in [2.45, 2.75) is 38.8 Å². The molecule has 0 radical (unpaired) electrons.